The minimum absolute atomic E-state index is 0.0486. The highest BCUT2D eigenvalue weighted by molar-refractivity contribution is 7.12. The van der Waals surface area contributed by atoms with Crippen LogP contribution in [-0.2, 0) is 4.74 Å². The standard InChI is InChI=1S/C12H19NOS/c1-7-4-5-14-12(7)11(13)10-6-8(2)15-9(10)3/h6-7,11-12H,4-5,13H2,1-3H3. The molecule has 0 aliphatic carbocycles. The quantitative estimate of drug-likeness (QED) is 0.840. The molecule has 1 fully saturated rings. The molecule has 0 radical (unpaired) electrons. The van der Waals surface area contributed by atoms with E-state index in [2.05, 4.69) is 26.8 Å². The summed E-state index contributed by atoms with van der Waals surface area (Å²) < 4.78 is 5.73. The lowest BCUT2D eigenvalue weighted by atomic mass is 9.93. The summed E-state index contributed by atoms with van der Waals surface area (Å²) in [6.07, 6.45) is 1.35. The van der Waals surface area contributed by atoms with Gasteiger partial charge in [-0.05, 0) is 37.8 Å². The van der Waals surface area contributed by atoms with Crippen molar-refractivity contribution >= 4 is 11.3 Å². The third kappa shape index (κ3) is 2.10. The van der Waals surface area contributed by atoms with Crippen molar-refractivity contribution in [3.63, 3.8) is 0 Å². The summed E-state index contributed by atoms with van der Waals surface area (Å²) in [4.78, 5) is 2.67. The zero-order valence-corrected chi connectivity index (χ0v) is 10.4. The highest BCUT2D eigenvalue weighted by Crippen LogP contribution is 2.33. The van der Waals surface area contributed by atoms with E-state index in [-0.39, 0.29) is 12.1 Å². The van der Waals surface area contributed by atoms with Gasteiger partial charge >= 0.3 is 0 Å². The first-order chi connectivity index (χ1) is 7.09. The number of nitrogens with two attached hydrogens (primary N) is 1. The monoisotopic (exact) mass is 225 g/mol. The van der Waals surface area contributed by atoms with Gasteiger partial charge in [-0.2, -0.15) is 0 Å². The Morgan fingerprint density at radius 3 is 2.73 bits per heavy atom. The summed E-state index contributed by atoms with van der Waals surface area (Å²) in [7, 11) is 0. The lowest BCUT2D eigenvalue weighted by molar-refractivity contribution is 0.0724. The molecule has 1 aliphatic heterocycles. The average Bonchev–Trinajstić information content (AvgIpc) is 2.71. The van der Waals surface area contributed by atoms with Crippen LogP contribution in [0.5, 0.6) is 0 Å². The van der Waals surface area contributed by atoms with Crippen LogP contribution in [0.25, 0.3) is 0 Å². The van der Waals surface area contributed by atoms with Crippen LogP contribution in [-0.4, -0.2) is 12.7 Å². The first-order valence-corrected chi connectivity index (χ1v) is 6.35. The summed E-state index contributed by atoms with van der Waals surface area (Å²) in [5.74, 6) is 0.583. The Hall–Kier alpha value is -0.380. The van der Waals surface area contributed by atoms with Crippen LogP contribution in [0.2, 0.25) is 0 Å². The molecule has 0 spiro atoms. The van der Waals surface area contributed by atoms with E-state index < -0.39 is 0 Å². The SMILES string of the molecule is Cc1cc(C(N)C2OCCC2C)c(C)s1. The van der Waals surface area contributed by atoms with E-state index in [1.165, 1.54) is 15.3 Å². The second-order valence-electron chi connectivity index (χ2n) is 4.50. The van der Waals surface area contributed by atoms with Gasteiger partial charge in [0, 0.05) is 16.4 Å². The molecule has 3 unspecified atom stereocenters. The van der Waals surface area contributed by atoms with E-state index in [1.807, 2.05) is 11.3 Å². The third-order valence-electron chi connectivity index (χ3n) is 3.24. The van der Waals surface area contributed by atoms with Gasteiger partial charge in [-0.1, -0.05) is 6.92 Å². The molecule has 1 aromatic heterocycles. The summed E-state index contributed by atoms with van der Waals surface area (Å²) in [6.45, 7) is 7.37. The molecule has 84 valence electrons. The molecule has 3 atom stereocenters. The Morgan fingerprint density at radius 1 is 1.53 bits per heavy atom. The normalized spacial score (nSPS) is 28.3. The minimum atomic E-state index is 0.0486. The highest BCUT2D eigenvalue weighted by atomic mass is 32.1. The predicted molar refractivity (Wildman–Crippen MR) is 64.2 cm³/mol. The molecule has 2 nitrogen and oxygen atoms in total. The maximum Gasteiger partial charge on any atom is 0.0794 e. The Balaban J connectivity index is 2.19. The number of hydrogen-bond acceptors (Lipinski definition) is 3. The smallest absolute Gasteiger partial charge is 0.0794 e. The molecule has 1 saturated heterocycles. The van der Waals surface area contributed by atoms with Crippen molar-refractivity contribution in [3.8, 4) is 0 Å². The Kier molecular flexibility index (Phi) is 3.14. The van der Waals surface area contributed by atoms with Gasteiger partial charge < -0.3 is 10.5 Å². The van der Waals surface area contributed by atoms with Crippen molar-refractivity contribution in [1.29, 1.82) is 0 Å². The molecular weight excluding hydrogens is 206 g/mol. The van der Waals surface area contributed by atoms with Crippen LogP contribution in [0, 0.1) is 19.8 Å². The fraction of sp³-hybridized carbons (Fsp3) is 0.667. The molecule has 1 aliphatic rings. The predicted octanol–water partition coefficient (Wildman–Crippen LogP) is 2.79. The van der Waals surface area contributed by atoms with Crippen molar-refractivity contribution in [1.82, 2.24) is 0 Å². The molecule has 2 rings (SSSR count). The van der Waals surface area contributed by atoms with E-state index in [1.54, 1.807) is 0 Å². The van der Waals surface area contributed by atoms with E-state index in [9.17, 15) is 0 Å². The molecular formula is C12H19NOS. The van der Waals surface area contributed by atoms with E-state index in [0.29, 0.717) is 5.92 Å². The zero-order valence-electron chi connectivity index (χ0n) is 9.62. The number of aryl methyl sites for hydroxylation is 2. The second kappa shape index (κ2) is 4.24. The van der Waals surface area contributed by atoms with Crippen molar-refractivity contribution in [3.05, 3.63) is 21.4 Å². The van der Waals surface area contributed by atoms with Crippen LogP contribution in [0.1, 0.15) is 34.7 Å². The van der Waals surface area contributed by atoms with Crippen molar-refractivity contribution in [2.24, 2.45) is 11.7 Å². The van der Waals surface area contributed by atoms with E-state index in [0.717, 1.165) is 13.0 Å². The maximum absolute atomic E-state index is 6.29. The van der Waals surface area contributed by atoms with Gasteiger partial charge in [0.1, 0.15) is 0 Å². The van der Waals surface area contributed by atoms with Crippen LogP contribution < -0.4 is 5.73 Å². The van der Waals surface area contributed by atoms with Gasteiger partial charge in [0.2, 0.25) is 0 Å². The second-order valence-corrected chi connectivity index (χ2v) is 5.96. The van der Waals surface area contributed by atoms with Crippen LogP contribution in [0.4, 0.5) is 0 Å². The van der Waals surface area contributed by atoms with Crippen LogP contribution in [0.3, 0.4) is 0 Å². The molecule has 0 amide bonds. The minimum Gasteiger partial charge on any atom is -0.376 e. The number of ether oxygens (including phenoxy) is 1. The van der Waals surface area contributed by atoms with E-state index >= 15 is 0 Å². The van der Waals surface area contributed by atoms with Crippen LogP contribution in [0.15, 0.2) is 6.07 Å². The Morgan fingerprint density at radius 2 is 2.27 bits per heavy atom. The topological polar surface area (TPSA) is 35.2 Å². The molecule has 2 heterocycles. The molecule has 3 heteroatoms. The van der Waals surface area contributed by atoms with Crippen molar-refractivity contribution < 1.29 is 4.74 Å². The molecule has 2 N–H and O–H groups in total. The summed E-state index contributed by atoms with van der Waals surface area (Å²) in [6, 6.07) is 2.26. The van der Waals surface area contributed by atoms with Gasteiger partial charge in [-0.25, -0.2) is 0 Å². The van der Waals surface area contributed by atoms with Gasteiger partial charge in [0.15, 0.2) is 0 Å². The number of rotatable bonds is 2. The lowest BCUT2D eigenvalue weighted by Gasteiger charge is -2.22. The molecule has 1 aromatic rings. The van der Waals surface area contributed by atoms with Crippen molar-refractivity contribution in [2.75, 3.05) is 6.61 Å². The molecule has 0 saturated carbocycles. The fourth-order valence-corrected chi connectivity index (χ4v) is 3.32. The van der Waals surface area contributed by atoms with Gasteiger partial charge in [-0.3, -0.25) is 0 Å². The number of thiophene rings is 1. The third-order valence-corrected chi connectivity index (χ3v) is 4.22. The summed E-state index contributed by atoms with van der Waals surface area (Å²) in [5.41, 5.74) is 7.56. The van der Waals surface area contributed by atoms with E-state index in [4.69, 9.17) is 10.5 Å². The Bertz CT molecular complexity index is 347. The first kappa shape index (κ1) is 11.1. The first-order valence-electron chi connectivity index (χ1n) is 5.53. The van der Waals surface area contributed by atoms with Crippen LogP contribution >= 0.6 is 11.3 Å². The maximum atomic E-state index is 6.29. The van der Waals surface area contributed by atoms with Gasteiger partial charge in [0.05, 0.1) is 12.1 Å². The largest absolute Gasteiger partial charge is 0.376 e. The molecule has 15 heavy (non-hydrogen) atoms. The fourth-order valence-electron chi connectivity index (χ4n) is 2.33. The average molecular weight is 225 g/mol. The lowest BCUT2D eigenvalue weighted by Crippen LogP contribution is -2.29. The van der Waals surface area contributed by atoms with Gasteiger partial charge in [-0.15, -0.1) is 11.3 Å². The molecule has 0 bridgehead atoms. The Labute approximate surface area is 95.4 Å². The zero-order chi connectivity index (χ0) is 11.0. The van der Waals surface area contributed by atoms with Crippen molar-refractivity contribution in [2.45, 2.75) is 39.3 Å². The summed E-state index contributed by atoms with van der Waals surface area (Å²) >= 11 is 1.82. The molecule has 0 aromatic carbocycles. The highest BCUT2D eigenvalue weighted by Gasteiger charge is 2.31. The summed E-state index contributed by atoms with van der Waals surface area (Å²) in [5, 5.41) is 0. The number of hydrogen-bond donors (Lipinski definition) is 1. The van der Waals surface area contributed by atoms with Gasteiger partial charge in [0.25, 0.3) is 0 Å².